The van der Waals surface area contributed by atoms with Crippen molar-refractivity contribution in [2.24, 2.45) is 11.7 Å². The Bertz CT molecular complexity index is 480. The van der Waals surface area contributed by atoms with E-state index < -0.39 is 5.91 Å². The van der Waals surface area contributed by atoms with Crippen LogP contribution >= 0.6 is 0 Å². The van der Waals surface area contributed by atoms with Crippen molar-refractivity contribution in [2.75, 3.05) is 13.1 Å². The molecule has 0 saturated carbocycles. The van der Waals surface area contributed by atoms with Gasteiger partial charge in [0.15, 0.2) is 0 Å². The molecule has 1 saturated heterocycles. The third kappa shape index (κ3) is 3.38. The van der Waals surface area contributed by atoms with Gasteiger partial charge in [0.2, 0.25) is 5.91 Å². The summed E-state index contributed by atoms with van der Waals surface area (Å²) < 4.78 is 0. The summed E-state index contributed by atoms with van der Waals surface area (Å²) >= 11 is 0. The van der Waals surface area contributed by atoms with E-state index >= 15 is 0 Å². The van der Waals surface area contributed by atoms with Gasteiger partial charge in [-0.05, 0) is 49.4 Å². The van der Waals surface area contributed by atoms with E-state index in [4.69, 9.17) is 5.73 Å². The van der Waals surface area contributed by atoms with Gasteiger partial charge in [0.05, 0.1) is 0 Å². The number of primary amides is 1. The SMILES string of the molecule is CCCC1CCCN(C(=O)c2ccc(C(N)=O)cc2)C1. The summed E-state index contributed by atoms with van der Waals surface area (Å²) in [4.78, 5) is 25.4. The van der Waals surface area contributed by atoms with Crippen LogP contribution in [0, 0.1) is 5.92 Å². The number of nitrogens with two attached hydrogens (primary N) is 1. The van der Waals surface area contributed by atoms with Crippen molar-refractivity contribution >= 4 is 11.8 Å². The third-order valence-electron chi connectivity index (χ3n) is 3.92. The van der Waals surface area contributed by atoms with Gasteiger partial charge in [-0.3, -0.25) is 9.59 Å². The lowest BCUT2D eigenvalue weighted by molar-refractivity contribution is 0.0667. The van der Waals surface area contributed by atoms with Gasteiger partial charge in [0.1, 0.15) is 0 Å². The maximum absolute atomic E-state index is 12.4. The molecule has 0 spiro atoms. The van der Waals surface area contributed by atoms with Gasteiger partial charge in [-0.2, -0.15) is 0 Å². The fourth-order valence-corrected chi connectivity index (χ4v) is 2.85. The molecule has 1 aliphatic rings. The second kappa shape index (κ2) is 6.55. The molecule has 1 heterocycles. The molecule has 1 atom stereocenters. The summed E-state index contributed by atoms with van der Waals surface area (Å²) in [6.45, 7) is 3.87. The Balaban J connectivity index is 2.04. The number of amides is 2. The first-order chi connectivity index (χ1) is 9.61. The molecule has 0 bridgehead atoms. The second-order valence-corrected chi connectivity index (χ2v) is 5.49. The van der Waals surface area contributed by atoms with E-state index in [0.717, 1.165) is 19.5 Å². The molecular weight excluding hydrogens is 252 g/mol. The van der Waals surface area contributed by atoms with Crippen molar-refractivity contribution in [3.8, 4) is 0 Å². The Hall–Kier alpha value is -1.84. The number of benzene rings is 1. The van der Waals surface area contributed by atoms with Gasteiger partial charge in [0, 0.05) is 24.2 Å². The van der Waals surface area contributed by atoms with Crippen molar-refractivity contribution in [1.82, 2.24) is 4.90 Å². The van der Waals surface area contributed by atoms with E-state index in [1.54, 1.807) is 24.3 Å². The number of piperidine rings is 1. The highest BCUT2D eigenvalue weighted by Crippen LogP contribution is 2.22. The highest BCUT2D eigenvalue weighted by atomic mass is 16.2. The Labute approximate surface area is 119 Å². The molecule has 1 fully saturated rings. The van der Waals surface area contributed by atoms with Crippen molar-refractivity contribution < 1.29 is 9.59 Å². The van der Waals surface area contributed by atoms with Crippen LogP contribution in [-0.2, 0) is 0 Å². The largest absolute Gasteiger partial charge is 0.366 e. The number of rotatable bonds is 4. The summed E-state index contributed by atoms with van der Waals surface area (Å²) in [5.41, 5.74) is 6.27. The number of carbonyl (C=O) groups excluding carboxylic acids is 2. The fraction of sp³-hybridized carbons (Fsp3) is 0.500. The molecule has 1 aromatic rings. The predicted octanol–water partition coefficient (Wildman–Crippen LogP) is 2.44. The maximum atomic E-state index is 12.4. The van der Waals surface area contributed by atoms with Gasteiger partial charge >= 0.3 is 0 Å². The summed E-state index contributed by atoms with van der Waals surface area (Å²) in [6, 6.07) is 6.60. The van der Waals surface area contributed by atoms with Crippen LogP contribution in [-0.4, -0.2) is 29.8 Å². The van der Waals surface area contributed by atoms with Crippen LogP contribution in [0.25, 0.3) is 0 Å². The zero-order chi connectivity index (χ0) is 14.5. The quantitative estimate of drug-likeness (QED) is 0.916. The van der Waals surface area contributed by atoms with Gasteiger partial charge in [-0.15, -0.1) is 0 Å². The molecular formula is C16H22N2O2. The molecule has 20 heavy (non-hydrogen) atoms. The van der Waals surface area contributed by atoms with E-state index in [0.29, 0.717) is 17.0 Å². The normalized spacial score (nSPS) is 18.9. The topological polar surface area (TPSA) is 63.4 Å². The fourth-order valence-electron chi connectivity index (χ4n) is 2.85. The molecule has 4 heteroatoms. The number of carbonyl (C=O) groups is 2. The average molecular weight is 274 g/mol. The van der Waals surface area contributed by atoms with Gasteiger partial charge in [0.25, 0.3) is 5.91 Å². The number of hydrogen-bond acceptors (Lipinski definition) is 2. The van der Waals surface area contributed by atoms with Crippen LogP contribution in [0.3, 0.4) is 0 Å². The Kier molecular flexibility index (Phi) is 4.77. The van der Waals surface area contributed by atoms with E-state index in [1.165, 1.54) is 19.3 Å². The van der Waals surface area contributed by atoms with E-state index in [-0.39, 0.29) is 5.91 Å². The molecule has 0 aliphatic carbocycles. The first-order valence-corrected chi connectivity index (χ1v) is 7.31. The molecule has 2 rings (SSSR count). The highest BCUT2D eigenvalue weighted by molar-refractivity contribution is 5.97. The zero-order valence-electron chi connectivity index (χ0n) is 12.0. The lowest BCUT2D eigenvalue weighted by atomic mass is 9.93. The highest BCUT2D eigenvalue weighted by Gasteiger charge is 2.23. The number of likely N-dealkylation sites (tertiary alicyclic amines) is 1. The van der Waals surface area contributed by atoms with Gasteiger partial charge in [-0.25, -0.2) is 0 Å². The van der Waals surface area contributed by atoms with Crippen LogP contribution in [0.5, 0.6) is 0 Å². The van der Waals surface area contributed by atoms with Crippen molar-refractivity contribution in [3.63, 3.8) is 0 Å². The Morgan fingerprint density at radius 2 is 1.90 bits per heavy atom. The summed E-state index contributed by atoms with van der Waals surface area (Å²) in [6.07, 6.45) is 4.65. The second-order valence-electron chi connectivity index (χ2n) is 5.49. The molecule has 1 aromatic carbocycles. The minimum atomic E-state index is -0.468. The molecule has 2 amide bonds. The van der Waals surface area contributed by atoms with Gasteiger partial charge < -0.3 is 10.6 Å². The van der Waals surface area contributed by atoms with E-state index in [2.05, 4.69) is 6.92 Å². The van der Waals surface area contributed by atoms with Crippen LogP contribution in [0.1, 0.15) is 53.3 Å². The van der Waals surface area contributed by atoms with Crippen molar-refractivity contribution in [3.05, 3.63) is 35.4 Å². The zero-order valence-corrected chi connectivity index (χ0v) is 12.0. The van der Waals surface area contributed by atoms with E-state index in [1.807, 2.05) is 4.90 Å². The van der Waals surface area contributed by atoms with Gasteiger partial charge in [-0.1, -0.05) is 13.3 Å². The Morgan fingerprint density at radius 1 is 1.25 bits per heavy atom. The summed E-state index contributed by atoms with van der Waals surface area (Å²) in [5, 5.41) is 0. The van der Waals surface area contributed by atoms with Crippen LogP contribution in [0.4, 0.5) is 0 Å². The molecule has 1 aliphatic heterocycles. The minimum absolute atomic E-state index is 0.0572. The van der Waals surface area contributed by atoms with Crippen LogP contribution in [0.15, 0.2) is 24.3 Å². The molecule has 1 unspecified atom stereocenters. The number of hydrogen-bond donors (Lipinski definition) is 1. The summed E-state index contributed by atoms with van der Waals surface area (Å²) in [5.74, 6) is 0.217. The smallest absolute Gasteiger partial charge is 0.253 e. The minimum Gasteiger partial charge on any atom is -0.366 e. The predicted molar refractivity (Wildman–Crippen MR) is 78.5 cm³/mol. The average Bonchev–Trinajstić information content (AvgIpc) is 2.47. The molecule has 0 aromatic heterocycles. The van der Waals surface area contributed by atoms with Crippen LogP contribution < -0.4 is 5.73 Å². The van der Waals surface area contributed by atoms with Crippen molar-refractivity contribution in [2.45, 2.75) is 32.6 Å². The Morgan fingerprint density at radius 3 is 2.50 bits per heavy atom. The summed E-state index contributed by atoms with van der Waals surface area (Å²) in [7, 11) is 0. The standard InChI is InChI=1S/C16H22N2O2/c1-2-4-12-5-3-10-18(11-12)16(20)14-8-6-13(7-9-14)15(17)19/h6-9,12H,2-5,10-11H2,1H3,(H2,17,19). The van der Waals surface area contributed by atoms with E-state index in [9.17, 15) is 9.59 Å². The lowest BCUT2D eigenvalue weighted by Gasteiger charge is -2.32. The first-order valence-electron chi connectivity index (χ1n) is 7.31. The van der Waals surface area contributed by atoms with Crippen molar-refractivity contribution in [1.29, 1.82) is 0 Å². The molecule has 0 radical (unpaired) electrons. The molecule has 2 N–H and O–H groups in total. The molecule has 108 valence electrons. The molecule has 4 nitrogen and oxygen atoms in total. The lowest BCUT2D eigenvalue weighted by Crippen LogP contribution is -2.39. The van der Waals surface area contributed by atoms with Crippen LogP contribution in [0.2, 0.25) is 0 Å². The maximum Gasteiger partial charge on any atom is 0.253 e. The third-order valence-corrected chi connectivity index (χ3v) is 3.92. The monoisotopic (exact) mass is 274 g/mol. The first kappa shape index (κ1) is 14.6. The number of nitrogens with zero attached hydrogens (tertiary/aromatic N) is 1.